The Morgan fingerprint density at radius 3 is 2.91 bits per heavy atom. The summed E-state index contributed by atoms with van der Waals surface area (Å²) in [5, 5.41) is 12.2. The van der Waals surface area contributed by atoms with Crippen molar-refractivity contribution in [3.8, 4) is 6.07 Å². The Kier molecular flexibility index (Phi) is 5.63. The van der Waals surface area contributed by atoms with Gasteiger partial charge >= 0.3 is 0 Å². The molecule has 2 atom stereocenters. The second-order valence-corrected chi connectivity index (χ2v) is 7.74. The first kappa shape index (κ1) is 17.0. The van der Waals surface area contributed by atoms with Gasteiger partial charge in [0.25, 0.3) is 5.91 Å². The topological polar surface area (TPSA) is 57.3 Å². The lowest BCUT2D eigenvalue weighted by molar-refractivity contribution is -0.899. The van der Waals surface area contributed by atoms with Crippen LogP contribution < -0.4 is 10.2 Å². The second-order valence-electron chi connectivity index (χ2n) is 5.94. The number of rotatable bonds is 8. The number of amides is 1. The summed E-state index contributed by atoms with van der Waals surface area (Å²) >= 11 is 7.48. The summed E-state index contributed by atoms with van der Waals surface area (Å²) in [5.74, 6) is 0.204. The monoisotopic (exact) mass is 338 g/mol. The third kappa shape index (κ3) is 4.57. The maximum absolute atomic E-state index is 12.3. The number of quaternary nitrogens is 1. The number of hydrogen-bond donors (Lipinski definition) is 2. The van der Waals surface area contributed by atoms with E-state index in [1.165, 1.54) is 11.3 Å². The molecule has 1 aliphatic rings. The number of nitriles is 1. The molecule has 2 N–H and O–H groups in total. The van der Waals surface area contributed by atoms with Crippen molar-refractivity contribution in [2.24, 2.45) is 5.92 Å². The van der Waals surface area contributed by atoms with Crippen molar-refractivity contribution in [1.82, 2.24) is 5.32 Å². The lowest BCUT2D eigenvalue weighted by Crippen LogP contribution is -3.11. The van der Waals surface area contributed by atoms with Crippen LogP contribution in [0.5, 0.6) is 0 Å². The number of carbonyl (C=O) groups is 1. The van der Waals surface area contributed by atoms with E-state index in [2.05, 4.69) is 18.0 Å². The summed E-state index contributed by atoms with van der Waals surface area (Å²) in [5.41, 5.74) is -0.734. The van der Waals surface area contributed by atoms with Crippen molar-refractivity contribution >= 4 is 28.8 Å². The molecule has 6 heteroatoms. The Balaban J connectivity index is 1.93. The van der Waals surface area contributed by atoms with Crippen molar-refractivity contribution in [1.29, 1.82) is 5.26 Å². The second kappa shape index (κ2) is 7.28. The van der Waals surface area contributed by atoms with Gasteiger partial charge in [-0.25, -0.2) is 0 Å². The van der Waals surface area contributed by atoms with Gasteiger partial charge in [-0.3, -0.25) is 4.79 Å². The minimum atomic E-state index is -0.734. The maximum atomic E-state index is 12.3. The van der Waals surface area contributed by atoms with Crippen LogP contribution in [0, 0.1) is 17.2 Å². The van der Waals surface area contributed by atoms with Crippen LogP contribution >= 0.6 is 22.9 Å². The van der Waals surface area contributed by atoms with Gasteiger partial charge in [0.15, 0.2) is 6.54 Å². The molecule has 0 bridgehead atoms. The highest BCUT2D eigenvalue weighted by Crippen LogP contribution is 2.39. The molecular formula is C16H21ClN3OS+. The van der Waals surface area contributed by atoms with E-state index in [4.69, 9.17) is 11.6 Å². The van der Waals surface area contributed by atoms with Gasteiger partial charge in [-0.2, -0.15) is 5.26 Å². The van der Waals surface area contributed by atoms with Gasteiger partial charge in [-0.15, -0.1) is 11.3 Å². The van der Waals surface area contributed by atoms with Crippen molar-refractivity contribution < 1.29 is 9.69 Å². The summed E-state index contributed by atoms with van der Waals surface area (Å²) in [6.07, 6.45) is 3.84. The van der Waals surface area contributed by atoms with Crippen molar-refractivity contribution in [2.75, 3.05) is 13.1 Å². The third-order valence-electron chi connectivity index (χ3n) is 3.92. The predicted octanol–water partition coefficient (Wildman–Crippen LogP) is 1.78. The van der Waals surface area contributed by atoms with Gasteiger partial charge in [-0.05, 0) is 43.9 Å². The molecule has 1 unspecified atom stereocenters. The Morgan fingerprint density at radius 2 is 2.41 bits per heavy atom. The summed E-state index contributed by atoms with van der Waals surface area (Å²) in [6.45, 7) is 7.31. The highest BCUT2D eigenvalue weighted by Gasteiger charge is 2.43. The standard InChI is InChI=1S/C16H20ClN3OS/c1-3-8-20(9-13-6-7-14(17)22-13)10-15(21)19-16(2,11-18)12-4-5-12/h3,6-7,12H,1,4-5,8-10H2,2H3,(H,19,21)/p+1/t16-/m0/s1. The number of carbonyl (C=O) groups excluding carboxylic acids is 1. The van der Waals surface area contributed by atoms with E-state index in [0.29, 0.717) is 19.0 Å². The van der Waals surface area contributed by atoms with Gasteiger partial charge in [0.2, 0.25) is 0 Å². The van der Waals surface area contributed by atoms with Gasteiger partial charge < -0.3 is 10.2 Å². The van der Waals surface area contributed by atoms with E-state index in [9.17, 15) is 10.1 Å². The van der Waals surface area contributed by atoms with Crippen LogP contribution in [-0.2, 0) is 11.3 Å². The Bertz CT molecular complexity index is 590. The third-order valence-corrected chi connectivity index (χ3v) is 5.15. The first-order valence-corrected chi connectivity index (χ1v) is 8.57. The summed E-state index contributed by atoms with van der Waals surface area (Å²) in [6, 6.07) is 6.10. The molecule has 1 saturated carbocycles. The predicted molar refractivity (Wildman–Crippen MR) is 88.8 cm³/mol. The molecule has 0 saturated heterocycles. The number of thiophene rings is 1. The lowest BCUT2D eigenvalue weighted by atomic mass is 9.98. The van der Waals surface area contributed by atoms with Crippen LogP contribution in [0.3, 0.4) is 0 Å². The number of halogens is 1. The van der Waals surface area contributed by atoms with Crippen LogP contribution in [0.15, 0.2) is 24.8 Å². The zero-order chi connectivity index (χ0) is 16.2. The van der Waals surface area contributed by atoms with E-state index in [1.54, 1.807) is 0 Å². The number of hydrogen-bond acceptors (Lipinski definition) is 3. The minimum Gasteiger partial charge on any atom is -0.333 e. The average Bonchev–Trinajstić information content (AvgIpc) is 3.24. The maximum Gasteiger partial charge on any atom is 0.276 e. The van der Waals surface area contributed by atoms with E-state index in [-0.39, 0.29) is 5.91 Å². The number of nitrogens with one attached hydrogen (secondary N) is 2. The fraction of sp³-hybridized carbons (Fsp3) is 0.500. The first-order chi connectivity index (χ1) is 10.5. The van der Waals surface area contributed by atoms with Crippen LogP contribution in [0.2, 0.25) is 4.34 Å². The van der Waals surface area contributed by atoms with Gasteiger partial charge in [0.1, 0.15) is 12.1 Å². The Morgan fingerprint density at radius 1 is 1.68 bits per heavy atom. The van der Waals surface area contributed by atoms with E-state index >= 15 is 0 Å². The zero-order valence-electron chi connectivity index (χ0n) is 12.7. The molecule has 4 nitrogen and oxygen atoms in total. The molecule has 1 heterocycles. The quantitative estimate of drug-likeness (QED) is 0.710. The van der Waals surface area contributed by atoms with Crippen LogP contribution in [0.1, 0.15) is 24.6 Å². The molecule has 22 heavy (non-hydrogen) atoms. The largest absolute Gasteiger partial charge is 0.333 e. The Hall–Kier alpha value is -1.35. The molecule has 1 aliphatic carbocycles. The average molecular weight is 339 g/mol. The summed E-state index contributed by atoms with van der Waals surface area (Å²) in [7, 11) is 0. The van der Waals surface area contributed by atoms with Crippen molar-refractivity contribution in [3.63, 3.8) is 0 Å². The molecule has 0 radical (unpaired) electrons. The van der Waals surface area contributed by atoms with E-state index in [0.717, 1.165) is 33.5 Å². The highest BCUT2D eigenvalue weighted by molar-refractivity contribution is 7.16. The molecule has 1 aromatic heterocycles. The fourth-order valence-electron chi connectivity index (χ4n) is 2.55. The highest BCUT2D eigenvalue weighted by atomic mass is 35.5. The molecule has 118 valence electrons. The molecule has 0 aromatic carbocycles. The molecule has 1 amide bonds. The van der Waals surface area contributed by atoms with Gasteiger partial charge in [0, 0.05) is 0 Å². The normalized spacial score (nSPS) is 18.0. The van der Waals surface area contributed by atoms with Crippen molar-refractivity contribution in [3.05, 3.63) is 34.0 Å². The van der Waals surface area contributed by atoms with Crippen LogP contribution in [0.4, 0.5) is 0 Å². The molecular weight excluding hydrogens is 318 g/mol. The van der Waals surface area contributed by atoms with Crippen LogP contribution in [-0.4, -0.2) is 24.5 Å². The minimum absolute atomic E-state index is 0.0875. The molecule has 0 aliphatic heterocycles. The molecule has 1 aromatic rings. The molecule has 0 spiro atoms. The van der Waals surface area contributed by atoms with Crippen LogP contribution in [0.25, 0.3) is 0 Å². The summed E-state index contributed by atoms with van der Waals surface area (Å²) in [4.78, 5) is 14.5. The fourth-order valence-corrected chi connectivity index (χ4v) is 3.71. The number of nitrogens with zero attached hydrogens (tertiary/aromatic N) is 1. The van der Waals surface area contributed by atoms with Crippen molar-refractivity contribution in [2.45, 2.75) is 31.8 Å². The Labute approximate surface area is 140 Å². The van der Waals surface area contributed by atoms with Gasteiger partial charge in [-0.1, -0.05) is 18.2 Å². The lowest BCUT2D eigenvalue weighted by Gasteiger charge is -2.24. The van der Waals surface area contributed by atoms with E-state index in [1.807, 2.05) is 25.1 Å². The summed E-state index contributed by atoms with van der Waals surface area (Å²) < 4.78 is 0.753. The SMILES string of the molecule is C=CC[NH+](CC(=O)N[C@@](C)(C#N)C1CC1)Cc1ccc(Cl)s1. The molecule has 2 rings (SSSR count). The zero-order valence-corrected chi connectivity index (χ0v) is 14.3. The first-order valence-electron chi connectivity index (χ1n) is 7.38. The van der Waals surface area contributed by atoms with Gasteiger partial charge in [0.05, 0.1) is 21.8 Å². The molecule has 1 fully saturated rings. The smallest absolute Gasteiger partial charge is 0.276 e. The van der Waals surface area contributed by atoms with E-state index < -0.39 is 5.54 Å².